The van der Waals surface area contributed by atoms with E-state index in [-0.39, 0.29) is 12.0 Å². The summed E-state index contributed by atoms with van der Waals surface area (Å²) in [4.78, 5) is 14.3. The highest BCUT2D eigenvalue weighted by atomic mass is 16.5. The van der Waals surface area contributed by atoms with Crippen molar-refractivity contribution in [1.82, 2.24) is 4.90 Å². The Morgan fingerprint density at radius 3 is 2.65 bits per heavy atom. The van der Waals surface area contributed by atoms with Crippen molar-refractivity contribution in [2.45, 2.75) is 39.2 Å². The van der Waals surface area contributed by atoms with Gasteiger partial charge < -0.3 is 14.7 Å². The molecule has 1 heterocycles. The highest BCUT2D eigenvalue weighted by Crippen LogP contribution is 2.22. The van der Waals surface area contributed by atoms with Crippen LogP contribution in [-0.4, -0.2) is 42.2 Å². The molecule has 1 fully saturated rings. The Bertz CT molecular complexity index is 557. The maximum absolute atomic E-state index is 12.4. The molecule has 1 aromatic rings. The number of carbonyl (C=O) groups is 1. The predicted octanol–water partition coefficient (Wildman–Crippen LogP) is 2.80. The van der Waals surface area contributed by atoms with Crippen LogP contribution in [-0.2, 0) is 11.2 Å². The number of methoxy groups -OCH3 is 1. The quantitative estimate of drug-likeness (QED) is 0.850. The summed E-state index contributed by atoms with van der Waals surface area (Å²) in [7, 11) is 1.66. The van der Waals surface area contributed by atoms with Crippen LogP contribution in [0.4, 0.5) is 0 Å². The Morgan fingerprint density at radius 1 is 1.39 bits per heavy atom. The average Bonchev–Trinajstić information content (AvgIpc) is 2.55. The molecule has 1 aromatic carbocycles. The van der Waals surface area contributed by atoms with Crippen LogP contribution in [0.5, 0.6) is 5.75 Å². The number of piperidine rings is 1. The summed E-state index contributed by atoms with van der Waals surface area (Å²) >= 11 is 0. The summed E-state index contributed by atoms with van der Waals surface area (Å²) < 4.78 is 5.36. The van der Waals surface area contributed by atoms with E-state index in [2.05, 4.69) is 0 Å². The van der Waals surface area contributed by atoms with Crippen LogP contribution in [0.15, 0.2) is 35.9 Å². The molecule has 23 heavy (non-hydrogen) atoms. The summed E-state index contributed by atoms with van der Waals surface area (Å²) in [5.41, 5.74) is 2.11. The number of para-hydroxylation sites is 1. The van der Waals surface area contributed by atoms with Crippen molar-refractivity contribution in [2.75, 3.05) is 20.2 Å². The van der Waals surface area contributed by atoms with Crippen molar-refractivity contribution in [3.05, 3.63) is 41.5 Å². The van der Waals surface area contributed by atoms with Crippen LogP contribution >= 0.6 is 0 Å². The molecule has 0 radical (unpaired) electrons. The van der Waals surface area contributed by atoms with Crippen molar-refractivity contribution in [2.24, 2.45) is 5.92 Å². The molecule has 126 valence electrons. The molecule has 1 N–H and O–H groups in total. The predicted molar refractivity (Wildman–Crippen MR) is 91.4 cm³/mol. The van der Waals surface area contributed by atoms with Gasteiger partial charge in [0.2, 0.25) is 5.91 Å². The minimum atomic E-state index is -0.282. The fourth-order valence-corrected chi connectivity index (χ4v) is 3.10. The van der Waals surface area contributed by atoms with Crippen LogP contribution in [0.1, 0.15) is 32.3 Å². The first kappa shape index (κ1) is 17.5. The summed E-state index contributed by atoms with van der Waals surface area (Å²) in [5, 5.41) is 9.63. The van der Waals surface area contributed by atoms with Gasteiger partial charge in [0.05, 0.1) is 13.2 Å². The lowest BCUT2D eigenvalue weighted by Gasteiger charge is -2.32. The average molecular weight is 317 g/mol. The van der Waals surface area contributed by atoms with Crippen LogP contribution in [0.25, 0.3) is 0 Å². The fourth-order valence-electron chi connectivity index (χ4n) is 3.10. The van der Waals surface area contributed by atoms with Gasteiger partial charge in [0, 0.05) is 19.2 Å². The third kappa shape index (κ3) is 4.83. The molecule has 1 atom stereocenters. The number of benzene rings is 1. The molecule has 4 heteroatoms. The lowest BCUT2D eigenvalue weighted by molar-refractivity contribution is -0.127. The van der Waals surface area contributed by atoms with Gasteiger partial charge in [0.1, 0.15) is 5.75 Å². The second-order valence-corrected chi connectivity index (χ2v) is 6.38. The highest BCUT2D eigenvalue weighted by Gasteiger charge is 2.24. The van der Waals surface area contributed by atoms with Crippen molar-refractivity contribution in [3.63, 3.8) is 0 Å². The second kappa shape index (κ2) is 8.16. The van der Waals surface area contributed by atoms with Crippen LogP contribution in [0, 0.1) is 5.92 Å². The van der Waals surface area contributed by atoms with Crippen molar-refractivity contribution in [1.29, 1.82) is 0 Å². The molecule has 0 bridgehead atoms. The standard InChI is InChI=1S/C19H27NO3/c1-14(12-17-6-4-5-7-18(17)23-3)13-19(22)20-10-8-16(9-11-20)15(2)21/h4-7,13,15-16,21H,8-12H2,1-3H3. The van der Waals surface area contributed by atoms with Crippen molar-refractivity contribution < 1.29 is 14.6 Å². The smallest absolute Gasteiger partial charge is 0.246 e. The summed E-state index contributed by atoms with van der Waals surface area (Å²) in [6.07, 6.45) is 3.91. The number of hydrogen-bond donors (Lipinski definition) is 1. The topological polar surface area (TPSA) is 49.8 Å². The van der Waals surface area contributed by atoms with E-state index < -0.39 is 0 Å². The van der Waals surface area contributed by atoms with Gasteiger partial charge in [-0.2, -0.15) is 0 Å². The molecule has 0 spiro atoms. The lowest BCUT2D eigenvalue weighted by atomic mass is 9.92. The van der Waals surface area contributed by atoms with Gasteiger partial charge >= 0.3 is 0 Å². The molecular weight excluding hydrogens is 290 g/mol. The number of carbonyl (C=O) groups excluding carboxylic acids is 1. The Labute approximate surface area is 138 Å². The Kier molecular flexibility index (Phi) is 6.22. The Balaban J connectivity index is 1.94. The number of aliphatic hydroxyl groups is 1. The molecule has 1 amide bonds. The van der Waals surface area contributed by atoms with Gasteiger partial charge in [0.15, 0.2) is 0 Å². The third-order valence-electron chi connectivity index (χ3n) is 4.57. The minimum Gasteiger partial charge on any atom is -0.496 e. The molecule has 0 aromatic heterocycles. The minimum absolute atomic E-state index is 0.0708. The first-order chi connectivity index (χ1) is 11.0. The Hall–Kier alpha value is -1.81. The number of likely N-dealkylation sites (tertiary alicyclic amines) is 1. The van der Waals surface area contributed by atoms with Gasteiger partial charge in [-0.15, -0.1) is 0 Å². The molecular formula is C19H27NO3. The molecule has 2 rings (SSSR count). The van der Waals surface area contributed by atoms with E-state index in [0.717, 1.165) is 42.8 Å². The number of amides is 1. The van der Waals surface area contributed by atoms with Crippen LogP contribution in [0.2, 0.25) is 0 Å². The van der Waals surface area contributed by atoms with Gasteiger partial charge in [-0.05, 0) is 50.7 Å². The van der Waals surface area contributed by atoms with E-state index in [1.165, 1.54) is 0 Å². The largest absolute Gasteiger partial charge is 0.496 e. The monoisotopic (exact) mass is 317 g/mol. The molecule has 0 saturated carbocycles. The number of ether oxygens (including phenoxy) is 1. The lowest BCUT2D eigenvalue weighted by Crippen LogP contribution is -2.40. The van der Waals surface area contributed by atoms with Gasteiger partial charge in [-0.25, -0.2) is 0 Å². The number of allylic oxidation sites excluding steroid dienone is 1. The zero-order valence-electron chi connectivity index (χ0n) is 14.3. The summed E-state index contributed by atoms with van der Waals surface area (Å²) in [6, 6.07) is 7.88. The molecule has 1 saturated heterocycles. The highest BCUT2D eigenvalue weighted by molar-refractivity contribution is 5.88. The fraction of sp³-hybridized carbons (Fsp3) is 0.526. The van der Waals surface area contributed by atoms with E-state index >= 15 is 0 Å². The molecule has 1 aliphatic heterocycles. The maximum Gasteiger partial charge on any atom is 0.246 e. The second-order valence-electron chi connectivity index (χ2n) is 6.38. The van der Waals surface area contributed by atoms with E-state index in [9.17, 15) is 9.90 Å². The van der Waals surface area contributed by atoms with E-state index in [4.69, 9.17) is 4.74 Å². The number of nitrogens with zero attached hydrogens (tertiary/aromatic N) is 1. The van der Waals surface area contributed by atoms with Gasteiger partial charge in [-0.1, -0.05) is 23.8 Å². The summed E-state index contributed by atoms with van der Waals surface area (Å²) in [5.74, 6) is 1.24. The van der Waals surface area contributed by atoms with E-state index in [1.807, 2.05) is 43.0 Å². The van der Waals surface area contributed by atoms with Crippen LogP contribution < -0.4 is 4.74 Å². The maximum atomic E-state index is 12.4. The van der Waals surface area contributed by atoms with Crippen molar-refractivity contribution >= 4 is 5.91 Å². The zero-order chi connectivity index (χ0) is 16.8. The van der Waals surface area contributed by atoms with Gasteiger partial charge in [0.25, 0.3) is 0 Å². The third-order valence-corrected chi connectivity index (χ3v) is 4.57. The number of rotatable bonds is 5. The van der Waals surface area contributed by atoms with E-state index in [0.29, 0.717) is 12.3 Å². The molecule has 1 aliphatic rings. The normalized spacial score (nSPS) is 17.9. The number of hydrogen-bond acceptors (Lipinski definition) is 3. The van der Waals surface area contributed by atoms with E-state index in [1.54, 1.807) is 13.2 Å². The number of aliphatic hydroxyl groups excluding tert-OH is 1. The Morgan fingerprint density at radius 2 is 2.04 bits per heavy atom. The molecule has 0 aliphatic carbocycles. The molecule has 1 unspecified atom stereocenters. The first-order valence-corrected chi connectivity index (χ1v) is 8.27. The molecule has 4 nitrogen and oxygen atoms in total. The first-order valence-electron chi connectivity index (χ1n) is 8.27. The summed E-state index contributed by atoms with van der Waals surface area (Å²) in [6.45, 7) is 5.27. The van der Waals surface area contributed by atoms with Gasteiger partial charge in [-0.3, -0.25) is 4.79 Å². The zero-order valence-corrected chi connectivity index (χ0v) is 14.3. The van der Waals surface area contributed by atoms with Crippen LogP contribution in [0.3, 0.4) is 0 Å². The van der Waals surface area contributed by atoms with Crippen molar-refractivity contribution in [3.8, 4) is 5.75 Å². The SMILES string of the molecule is COc1ccccc1CC(C)=CC(=O)N1CCC(C(C)O)CC1.